The highest BCUT2D eigenvalue weighted by Crippen LogP contribution is 2.19. The number of amides is 1. The van der Waals surface area contributed by atoms with Crippen LogP contribution >= 0.6 is 0 Å². The average molecular weight is 307 g/mol. The van der Waals surface area contributed by atoms with Crippen LogP contribution in [0, 0.1) is 0 Å². The van der Waals surface area contributed by atoms with Crippen LogP contribution in [0.3, 0.4) is 0 Å². The van der Waals surface area contributed by atoms with Crippen molar-refractivity contribution in [3.05, 3.63) is 35.9 Å². The zero-order valence-corrected chi connectivity index (χ0v) is 12.6. The summed E-state index contributed by atoms with van der Waals surface area (Å²) in [7, 11) is -3.15. The molecule has 1 heterocycles. The van der Waals surface area contributed by atoms with E-state index in [4.69, 9.17) is 5.73 Å². The number of pyridine rings is 1. The van der Waals surface area contributed by atoms with Crippen LogP contribution in [0.15, 0.2) is 30.3 Å². The molecule has 2 rings (SSSR count). The predicted octanol–water partition coefficient (Wildman–Crippen LogP) is 0.980. The van der Waals surface area contributed by atoms with Gasteiger partial charge in [0.1, 0.15) is 15.7 Å². The van der Waals surface area contributed by atoms with Crippen molar-refractivity contribution in [3.8, 4) is 0 Å². The topological polar surface area (TPSA) is 102 Å². The Kier molecular flexibility index (Phi) is 4.13. The molecule has 0 bridgehead atoms. The Morgan fingerprint density at radius 3 is 2.71 bits per heavy atom. The highest BCUT2D eigenvalue weighted by molar-refractivity contribution is 7.90. The Labute approximate surface area is 123 Å². The molecule has 0 spiro atoms. The zero-order chi connectivity index (χ0) is 15.6. The summed E-state index contributed by atoms with van der Waals surface area (Å²) >= 11 is 0. The monoisotopic (exact) mass is 307 g/mol. The number of nitrogen functional groups attached to an aromatic ring is 1. The molecule has 0 radical (unpaired) electrons. The lowest BCUT2D eigenvalue weighted by atomic mass is 10.1. The van der Waals surface area contributed by atoms with Crippen LogP contribution in [0.2, 0.25) is 0 Å². The molecule has 0 aliphatic rings. The van der Waals surface area contributed by atoms with Gasteiger partial charge in [-0.15, -0.1) is 0 Å². The number of benzene rings is 1. The summed E-state index contributed by atoms with van der Waals surface area (Å²) in [6.45, 7) is 1.64. The van der Waals surface area contributed by atoms with Crippen LogP contribution in [-0.2, 0) is 9.84 Å². The molecule has 0 fully saturated rings. The van der Waals surface area contributed by atoms with Gasteiger partial charge in [0.2, 0.25) is 0 Å². The Balaban J connectivity index is 2.31. The van der Waals surface area contributed by atoms with Crippen molar-refractivity contribution in [2.75, 3.05) is 17.7 Å². The molecule has 0 saturated heterocycles. The minimum atomic E-state index is -3.15. The fourth-order valence-electron chi connectivity index (χ4n) is 2.18. The van der Waals surface area contributed by atoms with Crippen LogP contribution in [-0.4, -0.2) is 37.4 Å². The molecule has 0 saturated carbocycles. The van der Waals surface area contributed by atoms with E-state index in [1.165, 1.54) is 6.07 Å². The summed E-state index contributed by atoms with van der Waals surface area (Å²) in [5.41, 5.74) is 6.72. The second-order valence-electron chi connectivity index (χ2n) is 5.08. The first kappa shape index (κ1) is 15.2. The number of nitrogens with zero attached hydrogens (tertiary/aromatic N) is 1. The fourth-order valence-corrected chi connectivity index (χ4v) is 3.17. The number of fused-ring (bicyclic) bond motifs is 1. The van der Waals surface area contributed by atoms with E-state index < -0.39 is 15.9 Å². The van der Waals surface area contributed by atoms with E-state index in [9.17, 15) is 13.2 Å². The summed E-state index contributed by atoms with van der Waals surface area (Å²) in [5, 5.41) is 3.35. The van der Waals surface area contributed by atoms with Crippen molar-refractivity contribution < 1.29 is 13.2 Å². The third-order valence-electron chi connectivity index (χ3n) is 2.91. The van der Waals surface area contributed by atoms with Gasteiger partial charge < -0.3 is 11.1 Å². The highest BCUT2D eigenvalue weighted by atomic mass is 32.2. The molecule has 0 aliphatic heterocycles. The minimum absolute atomic E-state index is 0.114. The first-order valence-corrected chi connectivity index (χ1v) is 8.46. The van der Waals surface area contributed by atoms with Crippen LogP contribution in [0.25, 0.3) is 10.9 Å². The molecule has 1 amide bonds. The molecule has 112 valence electrons. The number of para-hydroxylation sites is 1. The molecule has 2 aromatic rings. The number of carbonyl (C=O) groups is 1. The average Bonchev–Trinajstić information content (AvgIpc) is 2.35. The van der Waals surface area contributed by atoms with Gasteiger partial charge in [-0.25, -0.2) is 13.4 Å². The third kappa shape index (κ3) is 3.91. The van der Waals surface area contributed by atoms with E-state index in [2.05, 4.69) is 10.3 Å². The van der Waals surface area contributed by atoms with Crippen LogP contribution in [0.4, 0.5) is 5.82 Å². The standard InChI is InChI=1S/C14H17N3O3S/c1-9(8-21(2,19)20)16-14(18)11-7-13(15)17-12-6-4-3-5-10(11)12/h3-7,9H,8H2,1-2H3,(H2,15,17)(H,16,18). The number of hydrogen-bond acceptors (Lipinski definition) is 5. The number of sulfone groups is 1. The molecule has 1 aromatic carbocycles. The molecule has 1 atom stereocenters. The summed E-state index contributed by atoms with van der Waals surface area (Å²) in [5.74, 6) is -0.233. The number of aromatic nitrogens is 1. The van der Waals surface area contributed by atoms with Gasteiger partial charge in [0.25, 0.3) is 5.91 Å². The van der Waals surface area contributed by atoms with Gasteiger partial charge in [-0.1, -0.05) is 18.2 Å². The van der Waals surface area contributed by atoms with Gasteiger partial charge in [0, 0.05) is 17.7 Å². The number of nitrogens with one attached hydrogen (secondary N) is 1. The van der Waals surface area contributed by atoms with E-state index in [1.807, 2.05) is 6.07 Å². The Hall–Kier alpha value is -2.15. The third-order valence-corrected chi connectivity index (χ3v) is 4.02. The van der Waals surface area contributed by atoms with Crippen LogP contribution in [0.1, 0.15) is 17.3 Å². The molecular weight excluding hydrogens is 290 g/mol. The van der Waals surface area contributed by atoms with E-state index in [-0.39, 0.29) is 17.5 Å². The number of nitrogens with two attached hydrogens (primary N) is 1. The van der Waals surface area contributed by atoms with Crippen molar-refractivity contribution >= 4 is 32.5 Å². The van der Waals surface area contributed by atoms with Gasteiger partial charge in [0.15, 0.2) is 0 Å². The number of anilines is 1. The largest absolute Gasteiger partial charge is 0.384 e. The van der Waals surface area contributed by atoms with Crippen LogP contribution < -0.4 is 11.1 Å². The lowest BCUT2D eigenvalue weighted by molar-refractivity contribution is 0.0945. The van der Waals surface area contributed by atoms with Crippen molar-refractivity contribution in [2.45, 2.75) is 13.0 Å². The van der Waals surface area contributed by atoms with Crippen molar-refractivity contribution in [2.24, 2.45) is 0 Å². The lowest BCUT2D eigenvalue weighted by Crippen LogP contribution is -2.37. The maximum absolute atomic E-state index is 12.3. The van der Waals surface area contributed by atoms with Gasteiger partial charge in [0.05, 0.1) is 16.8 Å². The predicted molar refractivity (Wildman–Crippen MR) is 82.8 cm³/mol. The Morgan fingerprint density at radius 1 is 1.38 bits per heavy atom. The molecule has 7 heteroatoms. The molecular formula is C14H17N3O3S. The number of carbonyl (C=O) groups excluding carboxylic acids is 1. The molecule has 0 aliphatic carbocycles. The first-order chi connectivity index (χ1) is 9.76. The van der Waals surface area contributed by atoms with Gasteiger partial charge >= 0.3 is 0 Å². The second kappa shape index (κ2) is 5.69. The molecule has 1 aromatic heterocycles. The number of rotatable bonds is 4. The quantitative estimate of drug-likeness (QED) is 0.876. The van der Waals surface area contributed by atoms with E-state index in [0.717, 1.165) is 6.26 Å². The lowest BCUT2D eigenvalue weighted by Gasteiger charge is -2.14. The minimum Gasteiger partial charge on any atom is -0.384 e. The van der Waals surface area contributed by atoms with E-state index in [0.29, 0.717) is 16.5 Å². The van der Waals surface area contributed by atoms with Gasteiger partial charge in [-0.3, -0.25) is 4.79 Å². The fraction of sp³-hybridized carbons (Fsp3) is 0.286. The van der Waals surface area contributed by atoms with E-state index >= 15 is 0 Å². The van der Waals surface area contributed by atoms with Gasteiger partial charge in [-0.05, 0) is 19.1 Å². The van der Waals surface area contributed by atoms with Crippen molar-refractivity contribution in [1.29, 1.82) is 0 Å². The maximum Gasteiger partial charge on any atom is 0.252 e. The normalized spacial score (nSPS) is 13.0. The molecule has 3 N–H and O–H groups in total. The summed E-state index contributed by atoms with van der Waals surface area (Å²) in [6.07, 6.45) is 1.13. The summed E-state index contributed by atoms with van der Waals surface area (Å²) in [4.78, 5) is 16.5. The summed E-state index contributed by atoms with van der Waals surface area (Å²) < 4.78 is 22.5. The second-order valence-corrected chi connectivity index (χ2v) is 7.26. The van der Waals surface area contributed by atoms with Gasteiger partial charge in [-0.2, -0.15) is 0 Å². The molecule has 21 heavy (non-hydrogen) atoms. The Morgan fingerprint density at radius 2 is 2.05 bits per heavy atom. The maximum atomic E-state index is 12.3. The number of hydrogen-bond donors (Lipinski definition) is 2. The Bertz CT molecular complexity index is 787. The highest BCUT2D eigenvalue weighted by Gasteiger charge is 2.17. The SMILES string of the molecule is CC(CS(C)(=O)=O)NC(=O)c1cc(N)nc2ccccc12. The van der Waals surface area contributed by atoms with E-state index in [1.54, 1.807) is 25.1 Å². The van der Waals surface area contributed by atoms with Crippen molar-refractivity contribution in [1.82, 2.24) is 10.3 Å². The van der Waals surface area contributed by atoms with Crippen LogP contribution in [0.5, 0.6) is 0 Å². The smallest absolute Gasteiger partial charge is 0.252 e. The summed E-state index contributed by atoms with van der Waals surface area (Å²) in [6, 6.07) is 8.16. The molecule has 1 unspecified atom stereocenters. The first-order valence-electron chi connectivity index (χ1n) is 6.40. The van der Waals surface area contributed by atoms with Crippen molar-refractivity contribution in [3.63, 3.8) is 0 Å². The zero-order valence-electron chi connectivity index (χ0n) is 11.8. The molecule has 6 nitrogen and oxygen atoms in total.